The van der Waals surface area contributed by atoms with E-state index in [2.05, 4.69) is 15.5 Å². The summed E-state index contributed by atoms with van der Waals surface area (Å²) in [5, 5.41) is 12.1. The molecule has 2 heterocycles. The number of amides is 1. The van der Waals surface area contributed by atoms with Gasteiger partial charge in [-0.1, -0.05) is 55.5 Å². The Morgan fingerprint density at radius 1 is 1.25 bits per heavy atom. The first-order valence-corrected chi connectivity index (χ1v) is 9.75. The Labute approximate surface area is 167 Å². The number of ether oxygens (including phenoxy) is 1. The van der Waals surface area contributed by atoms with E-state index in [4.69, 9.17) is 4.74 Å². The molecule has 0 radical (unpaired) electrons. The number of anilines is 1. The number of rotatable bonds is 7. The van der Waals surface area contributed by atoms with E-state index >= 15 is 0 Å². The van der Waals surface area contributed by atoms with Crippen LogP contribution in [0.3, 0.4) is 0 Å². The average molecular weight is 398 g/mol. The monoisotopic (exact) mass is 398 g/mol. The predicted octanol–water partition coefficient (Wildman–Crippen LogP) is 3.35. The molecular formula is C20H22N4O3S. The highest BCUT2D eigenvalue weighted by Crippen LogP contribution is 2.22. The molecule has 1 aromatic carbocycles. The third-order valence-corrected chi connectivity index (χ3v) is 5.18. The van der Waals surface area contributed by atoms with Crippen molar-refractivity contribution in [1.29, 1.82) is 0 Å². The molecule has 0 saturated carbocycles. The molecule has 3 rings (SSSR count). The molecule has 0 saturated heterocycles. The molecule has 1 N–H and O–H groups in total. The van der Waals surface area contributed by atoms with Gasteiger partial charge in [-0.3, -0.25) is 14.9 Å². The van der Waals surface area contributed by atoms with Gasteiger partial charge in [-0.15, -0.1) is 10.2 Å². The minimum absolute atomic E-state index is 0.0460. The van der Waals surface area contributed by atoms with E-state index in [1.54, 1.807) is 17.7 Å². The van der Waals surface area contributed by atoms with Crippen molar-refractivity contribution in [3.05, 3.63) is 69.1 Å². The first kappa shape index (κ1) is 19.8. The molecule has 7 nitrogen and oxygen atoms in total. The Morgan fingerprint density at radius 2 is 2.00 bits per heavy atom. The number of aromatic nitrogens is 3. The zero-order valence-corrected chi connectivity index (χ0v) is 16.8. The van der Waals surface area contributed by atoms with Crippen LogP contribution in [0.1, 0.15) is 36.0 Å². The predicted molar refractivity (Wildman–Crippen MR) is 109 cm³/mol. The van der Waals surface area contributed by atoms with E-state index in [9.17, 15) is 9.59 Å². The normalized spacial score (nSPS) is 10.9. The van der Waals surface area contributed by atoms with Crippen LogP contribution in [0.5, 0.6) is 5.75 Å². The molecule has 146 valence electrons. The minimum atomic E-state index is -0.243. The van der Waals surface area contributed by atoms with Crippen LogP contribution in [0, 0.1) is 6.92 Å². The molecule has 0 fully saturated rings. The van der Waals surface area contributed by atoms with Gasteiger partial charge in [0.05, 0.1) is 6.20 Å². The average Bonchev–Trinajstić information content (AvgIpc) is 3.12. The van der Waals surface area contributed by atoms with Crippen molar-refractivity contribution >= 4 is 22.4 Å². The summed E-state index contributed by atoms with van der Waals surface area (Å²) in [6, 6.07) is 11.1. The summed E-state index contributed by atoms with van der Waals surface area (Å²) in [7, 11) is 0. The van der Waals surface area contributed by atoms with Gasteiger partial charge in [0.15, 0.2) is 5.75 Å². The Bertz CT molecular complexity index is 1010. The first-order valence-electron chi connectivity index (χ1n) is 8.93. The lowest BCUT2D eigenvalue weighted by Crippen LogP contribution is -2.22. The zero-order chi connectivity index (χ0) is 20.1. The Hall–Kier alpha value is -3.00. The van der Waals surface area contributed by atoms with Crippen LogP contribution in [-0.4, -0.2) is 20.7 Å². The van der Waals surface area contributed by atoms with Crippen LogP contribution in [0.15, 0.2) is 47.4 Å². The van der Waals surface area contributed by atoms with Gasteiger partial charge in [0.25, 0.3) is 0 Å². The second-order valence-electron chi connectivity index (χ2n) is 6.69. The van der Waals surface area contributed by atoms with Crippen molar-refractivity contribution in [3.63, 3.8) is 0 Å². The van der Waals surface area contributed by atoms with Gasteiger partial charge in [0.1, 0.15) is 18.2 Å². The van der Waals surface area contributed by atoms with Crippen LogP contribution >= 0.6 is 11.3 Å². The molecule has 28 heavy (non-hydrogen) atoms. The number of benzene rings is 1. The maximum atomic E-state index is 12.4. The highest BCUT2D eigenvalue weighted by Gasteiger charge is 2.13. The first-order chi connectivity index (χ1) is 13.4. The van der Waals surface area contributed by atoms with Crippen LogP contribution in [-0.2, 0) is 17.9 Å². The van der Waals surface area contributed by atoms with Gasteiger partial charge in [0.2, 0.25) is 16.5 Å². The van der Waals surface area contributed by atoms with E-state index in [-0.39, 0.29) is 36.2 Å². The Balaban J connectivity index is 1.68. The quantitative estimate of drug-likeness (QED) is 0.660. The van der Waals surface area contributed by atoms with Crippen molar-refractivity contribution in [2.45, 2.75) is 39.8 Å². The van der Waals surface area contributed by atoms with E-state index < -0.39 is 0 Å². The summed E-state index contributed by atoms with van der Waals surface area (Å²) < 4.78 is 7.34. The SMILES string of the molecule is Cc1cc(=O)c(OCc2ccccc2)cn1CC(=O)Nc1nnc(C(C)C)s1. The largest absolute Gasteiger partial charge is 0.483 e. The van der Waals surface area contributed by atoms with Gasteiger partial charge in [-0.05, 0) is 12.5 Å². The number of nitrogens with zero attached hydrogens (tertiary/aromatic N) is 3. The number of hydrogen-bond acceptors (Lipinski definition) is 6. The lowest BCUT2D eigenvalue weighted by atomic mass is 10.2. The molecule has 0 spiro atoms. The molecule has 2 aromatic heterocycles. The van der Waals surface area contributed by atoms with E-state index in [1.165, 1.54) is 17.4 Å². The highest BCUT2D eigenvalue weighted by molar-refractivity contribution is 7.15. The fourth-order valence-electron chi connectivity index (χ4n) is 2.50. The fourth-order valence-corrected chi connectivity index (χ4v) is 3.26. The van der Waals surface area contributed by atoms with Crippen LogP contribution in [0.2, 0.25) is 0 Å². The van der Waals surface area contributed by atoms with E-state index in [1.807, 2.05) is 44.2 Å². The molecule has 3 aromatic rings. The number of carbonyl (C=O) groups is 1. The minimum Gasteiger partial charge on any atom is -0.483 e. The van der Waals surface area contributed by atoms with Gasteiger partial charge >= 0.3 is 0 Å². The summed E-state index contributed by atoms with van der Waals surface area (Å²) in [4.78, 5) is 24.6. The van der Waals surface area contributed by atoms with E-state index in [0.717, 1.165) is 10.6 Å². The topological polar surface area (TPSA) is 86.1 Å². The highest BCUT2D eigenvalue weighted by atomic mass is 32.1. The summed E-state index contributed by atoms with van der Waals surface area (Å²) in [6.07, 6.45) is 1.57. The van der Waals surface area contributed by atoms with Crippen LogP contribution < -0.4 is 15.5 Å². The van der Waals surface area contributed by atoms with Crippen LogP contribution in [0.25, 0.3) is 0 Å². The van der Waals surface area contributed by atoms with Crippen molar-refractivity contribution in [2.24, 2.45) is 0 Å². The summed E-state index contributed by atoms with van der Waals surface area (Å²) >= 11 is 1.36. The Kier molecular flexibility index (Phi) is 6.20. The fraction of sp³-hybridized carbons (Fsp3) is 0.300. The number of hydrogen-bond donors (Lipinski definition) is 1. The second kappa shape index (κ2) is 8.79. The van der Waals surface area contributed by atoms with Crippen molar-refractivity contribution < 1.29 is 9.53 Å². The standard InChI is InChI=1S/C20H22N4O3S/c1-13(2)19-22-23-20(28-19)21-18(26)11-24-10-17(16(25)9-14(24)3)27-12-15-7-5-4-6-8-15/h4-10,13H,11-12H2,1-3H3,(H,21,23,26). The van der Waals surface area contributed by atoms with Crippen molar-refractivity contribution in [3.8, 4) is 5.75 Å². The summed E-state index contributed by atoms with van der Waals surface area (Å²) in [6.45, 7) is 6.15. The van der Waals surface area contributed by atoms with Crippen molar-refractivity contribution in [2.75, 3.05) is 5.32 Å². The van der Waals surface area contributed by atoms with Gasteiger partial charge in [-0.2, -0.15) is 0 Å². The maximum absolute atomic E-state index is 12.4. The molecule has 0 aliphatic rings. The molecule has 0 atom stereocenters. The third kappa shape index (κ3) is 5.04. The summed E-state index contributed by atoms with van der Waals surface area (Å²) in [5.41, 5.74) is 1.42. The van der Waals surface area contributed by atoms with E-state index in [0.29, 0.717) is 10.8 Å². The van der Waals surface area contributed by atoms with Crippen molar-refractivity contribution in [1.82, 2.24) is 14.8 Å². The number of aryl methyl sites for hydroxylation is 1. The number of carbonyl (C=O) groups excluding carboxylic acids is 1. The molecular weight excluding hydrogens is 376 g/mol. The molecule has 0 aliphatic carbocycles. The number of pyridine rings is 1. The maximum Gasteiger partial charge on any atom is 0.246 e. The number of nitrogens with one attached hydrogen (secondary N) is 1. The van der Waals surface area contributed by atoms with Gasteiger partial charge in [0, 0.05) is 17.7 Å². The second-order valence-corrected chi connectivity index (χ2v) is 7.70. The zero-order valence-electron chi connectivity index (χ0n) is 16.0. The lowest BCUT2D eigenvalue weighted by molar-refractivity contribution is -0.116. The third-order valence-electron chi connectivity index (χ3n) is 4.04. The molecule has 8 heteroatoms. The lowest BCUT2D eigenvalue weighted by Gasteiger charge is -2.13. The molecule has 1 amide bonds. The molecule has 0 aliphatic heterocycles. The Morgan fingerprint density at radius 3 is 2.68 bits per heavy atom. The van der Waals surface area contributed by atoms with Crippen LogP contribution in [0.4, 0.5) is 5.13 Å². The molecule has 0 unspecified atom stereocenters. The summed E-state index contributed by atoms with van der Waals surface area (Å²) in [5.74, 6) is 0.223. The molecule has 0 bridgehead atoms. The van der Waals surface area contributed by atoms with Gasteiger partial charge in [-0.25, -0.2) is 0 Å². The smallest absolute Gasteiger partial charge is 0.246 e. The van der Waals surface area contributed by atoms with Gasteiger partial charge < -0.3 is 9.30 Å².